The Balaban J connectivity index is 0.000000348. The highest BCUT2D eigenvalue weighted by Crippen LogP contribution is 2.65. The van der Waals surface area contributed by atoms with Crippen molar-refractivity contribution in [2.45, 2.75) is 73.3 Å². The van der Waals surface area contributed by atoms with Gasteiger partial charge in [0.2, 0.25) is 0 Å². The van der Waals surface area contributed by atoms with Gasteiger partial charge in [-0.1, -0.05) is 34.6 Å². The van der Waals surface area contributed by atoms with E-state index in [4.69, 9.17) is 15.0 Å². The van der Waals surface area contributed by atoms with Crippen LogP contribution in [0.1, 0.15) is 67.2 Å². The molecule has 2 fully saturated rings. The molecule has 2 aliphatic carbocycles. The van der Waals surface area contributed by atoms with Gasteiger partial charge in [-0.25, -0.2) is 0 Å². The molecular weight excluding hydrogens is 284 g/mol. The fraction of sp³-hybridized carbons (Fsp3) is 0.882. The summed E-state index contributed by atoms with van der Waals surface area (Å²) in [6, 6.07) is 0. The Morgan fingerprint density at radius 2 is 1.68 bits per heavy atom. The van der Waals surface area contributed by atoms with Crippen molar-refractivity contribution >= 4 is 11.9 Å². The van der Waals surface area contributed by atoms with E-state index in [0.717, 1.165) is 25.7 Å². The Hall–Kier alpha value is -1.10. The minimum Gasteiger partial charge on any atom is -0.481 e. The van der Waals surface area contributed by atoms with E-state index in [0.29, 0.717) is 5.41 Å². The Bertz CT molecular complexity index is 387. The van der Waals surface area contributed by atoms with Crippen LogP contribution in [0.25, 0.3) is 0 Å². The summed E-state index contributed by atoms with van der Waals surface area (Å²) in [5, 5.41) is 25.4. The Morgan fingerprint density at radius 3 is 1.77 bits per heavy atom. The Labute approximate surface area is 133 Å². The van der Waals surface area contributed by atoms with Gasteiger partial charge in [-0.2, -0.15) is 0 Å². The molecule has 0 aromatic carbocycles. The molecule has 0 spiro atoms. The number of aliphatic hydroxyl groups excluding tert-OH is 1. The number of carbonyl (C=O) groups is 2. The molecule has 0 aromatic heterocycles. The van der Waals surface area contributed by atoms with Crippen molar-refractivity contribution < 1.29 is 24.9 Å². The first kappa shape index (κ1) is 20.9. The lowest BCUT2D eigenvalue weighted by Gasteiger charge is -2.36. The molecule has 4 atom stereocenters. The van der Waals surface area contributed by atoms with Gasteiger partial charge in [0, 0.05) is 6.92 Å². The minimum atomic E-state index is -0.833. The third-order valence-electron chi connectivity index (χ3n) is 5.78. The maximum Gasteiger partial charge on any atom is 0.306 e. The highest BCUT2D eigenvalue weighted by atomic mass is 16.4. The number of aliphatic carboxylic acids is 2. The quantitative estimate of drug-likeness (QED) is 0.725. The van der Waals surface area contributed by atoms with Crippen molar-refractivity contribution in [2.24, 2.45) is 22.7 Å². The zero-order chi connectivity index (χ0) is 17.7. The third kappa shape index (κ3) is 4.70. The number of hydrogen-bond acceptors (Lipinski definition) is 3. The van der Waals surface area contributed by atoms with Gasteiger partial charge in [0.1, 0.15) is 0 Å². The van der Waals surface area contributed by atoms with E-state index in [1.165, 1.54) is 12.8 Å². The zero-order valence-electron chi connectivity index (χ0n) is 14.7. The maximum atomic E-state index is 9.93. The minimum absolute atomic E-state index is 0.0313. The summed E-state index contributed by atoms with van der Waals surface area (Å²) in [6.07, 6.45) is 4.29. The van der Waals surface area contributed by atoms with E-state index in [1.54, 1.807) is 6.92 Å². The first-order valence-corrected chi connectivity index (χ1v) is 8.00. The summed E-state index contributed by atoms with van der Waals surface area (Å²) < 4.78 is 0. The molecule has 2 saturated carbocycles. The number of aliphatic hydroxyl groups is 1. The normalized spacial score (nSPS) is 32.1. The van der Waals surface area contributed by atoms with Crippen LogP contribution in [-0.4, -0.2) is 33.4 Å². The monoisotopic (exact) mass is 316 g/mol. The van der Waals surface area contributed by atoms with Crippen LogP contribution in [0.3, 0.4) is 0 Å². The van der Waals surface area contributed by atoms with Gasteiger partial charge in [0.25, 0.3) is 5.97 Å². The Kier molecular flexibility index (Phi) is 7.55. The van der Waals surface area contributed by atoms with Crippen molar-refractivity contribution in [2.75, 3.05) is 0 Å². The lowest BCUT2D eigenvalue weighted by atomic mass is 9.70. The van der Waals surface area contributed by atoms with Crippen LogP contribution < -0.4 is 0 Å². The second-order valence-corrected chi connectivity index (χ2v) is 7.29. The molecule has 0 radical (unpaired) electrons. The molecule has 2 rings (SSSR count). The van der Waals surface area contributed by atoms with Crippen molar-refractivity contribution in [1.29, 1.82) is 0 Å². The first-order chi connectivity index (χ1) is 9.90. The number of hydrogen-bond donors (Lipinski definition) is 3. The van der Waals surface area contributed by atoms with E-state index in [9.17, 15) is 9.90 Å². The topological polar surface area (TPSA) is 94.8 Å². The van der Waals surface area contributed by atoms with E-state index in [-0.39, 0.29) is 17.4 Å². The van der Waals surface area contributed by atoms with Gasteiger partial charge < -0.3 is 15.3 Å². The van der Waals surface area contributed by atoms with Crippen LogP contribution in [0.2, 0.25) is 0 Å². The van der Waals surface area contributed by atoms with Gasteiger partial charge >= 0.3 is 5.97 Å². The van der Waals surface area contributed by atoms with Crippen molar-refractivity contribution in [3.63, 3.8) is 0 Å². The molecule has 4 unspecified atom stereocenters. The van der Waals surface area contributed by atoms with Crippen molar-refractivity contribution in [1.82, 2.24) is 0 Å². The van der Waals surface area contributed by atoms with Crippen LogP contribution in [0, 0.1) is 22.7 Å². The fourth-order valence-electron chi connectivity index (χ4n) is 3.34. The van der Waals surface area contributed by atoms with Gasteiger partial charge in [-0.3, -0.25) is 9.59 Å². The molecule has 130 valence electrons. The molecule has 0 aliphatic heterocycles. The number of carboxylic acids is 2. The zero-order valence-corrected chi connectivity index (χ0v) is 14.7. The van der Waals surface area contributed by atoms with Gasteiger partial charge in [-0.05, 0) is 42.4 Å². The molecule has 22 heavy (non-hydrogen) atoms. The maximum absolute atomic E-state index is 9.93. The Morgan fingerprint density at radius 1 is 1.23 bits per heavy atom. The van der Waals surface area contributed by atoms with E-state index in [1.807, 2.05) is 6.92 Å². The highest BCUT2D eigenvalue weighted by Gasteiger charge is 2.60. The summed E-state index contributed by atoms with van der Waals surface area (Å²) in [5.41, 5.74) is 0.601. The van der Waals surface area contributed by atoms with Crippen LogP contribution in [0.4, 0.5) is 0 Å². The smallest absolute Gasteiger partial charge is 0.306 e. The fourth-order valence-corrected chi connectivity index (χ4v) is 3.34. The summed E-state index contributed by atoms with van der Waals surface area (Å²) in [5.74, 6) is -0.940. The SMILES string of the molecule is CC(=O)O.CC1(C)C2CCC1(C)C(O)C2.CCC(C)C(=O)O. The lowest BCUT2D eigenvalue weighted by Crippen LogP contribution is -2.35. The average Bonchev–Trinajstić information content (AvgIpc) is 2.70. The molecule has 5 nitrogen and oxygen atoms in total. The van der Waals surface area contributed by atoms with Crippen molar-refractivity contribution in [3.05, 3.63) is 0 Å². The first-order valence-electron chi connectivity index (χ1n) is 8.00. The lowest BCUT2D eigenvalue weighted by molar-refractivity contribution is -0.141. The molecule has 3 N–H and O–H groups in total. The number of carboxylic acid groups (broad SMARTS) is 2. The van der Waals surface area contributed by atoms with Gasteiger partial charge in [0.15, 0.2) is 0 Å². The summed E-state index contributed by atoms with van der Waals surface area (Å²) in [4.78, 5) is 18.9. The molecule has 2 bridgehead atoms. The second kappa shape index (κ2) is 7.95. The predicted molar refractivity (Wildman–Crippen MR) is 85.6 cm³/mol. The third-order valence-corrected chi connectivity index (χ3v) is 5.78. The van der Waals surface area contributed by atoms with Crippen LogP contribution in [-0.2, 0) is 9.59 Å². The van der Waals surface area contributed by atoms with Gasteiger partial charge in [-0.15, -0.1) is 0 Å². The van der Waals surface area contributed by atoms with Crippen LogP contribution in [0.15, 0.2) is 0 Å². The molecule has 0 amide bonds. The second-order valence-electron chi connectivity index (χ2n) is 7.29. The molecule has 5 heteroatoms. The van der Waals surface area contributed by atoms with Crippen LogP contribution >= 0.6 is 0 Å². The molecule has 2 aliphatic rings. The molecule has 0 saturated heterocycles. The van der Waals surface area contributed by atoms with E-state index >= 15 is 0 Å². The van der Waals surface area contributed by atoms with E-state index < -0.39 is 11.9 Å². The highest BCUT2D eigenvalue weighted by molar-refractivity contribution is 5.69. The largest absolute Gasteiger partial charge is 0.481 e. The van der Waals surface area contributed by atoms with E-state index in [2.05, 4.69) is 20.8 Å². The molecule has 0 heterocycles. The summed E-state index contributed by atoms with van der Waals surface area (Å²) in [7, 11) is 0. The van der Waals surface area contributed by atoms with Gasteiger partial charge in [0.05, 0.1) is 12.0 Å². The number of fused-ring (bicyclic) bond motifs is 2. The number of rotatable bonds is 2. The summed E-state index contributed by atoms with van der Waals surface area (Å²) in [6.45, 7) is 11.5. The standard InChI is InChI=1S/C10H18O.C5H10O2.C2H4O2/c1-9(2)7-4-5-10(9,3)8(11)6-7;1-3-4(2)5(6)7;1-2(3)4/h7-8,11H,4-6H2,1-3H3;4H,3H2,1-2H3,(H,6,7);1H3,(H,3,4). The summed E-state index contributed by atoms with van der Waals surface area (Å²) >= 11 is 0. The predicted octanol–water partition coefficient (Wildman–Crippen LogP) is 3.40. The molecule has 0 aromatic rings. The average molecular weight is 316 g/mol. The van der Waals surface area contributed by atoms with Crippen LogP contribution in [0.5, 0.6) is 0 Å². The van der Waals surface area contributed by atoms with Crippen molar-refractivity contribution in [3.8, 4) is 0 Å². The molecular formula is C17H32O5.